The van der Waals surface area contributed by atoms with Crippen molar-refractivity contribution >= 4 is 31.9 Å². The highest BCUT2D eigenvalue weighted by Crippen LogP contribution is 2.23. The van der Waals surface area contributed by atoms with Crippen molar-refractivity contribution in [3.05, 3.63) is 0 Å². The minimum absolute atomic E-state index is 0.907. The van der Waals surface area contributed by atoms with E-state index in [1.807, 2.05) is 0 Å². The second kappa shape index (κ2) is 3.17. The van der Waals surface area contributed by atoms with Gasteiger partial charge < -0.3 is 5.11 Å². The molecule has 2 unspecified atom stereocenters. The van der Waals surface area contributed by atoms with Crippen LogP contribution in [0.15, 0.2) is 0 Å². The normalized spacial score (nSPS) is 18.8. The number of rotatable bonds is 1. The molecular formula is C4H2Br2N2O. The maximum atomic E-state index is 8.88. The first-order chi connectivity index (χ1) is 4.04. The molecule has 0 heterocycles. The van der Waals surface area contributed by atoms with Crippen LogP contribution in [0.3, 0.4) is 0 Å². The number of hydrogen-bond acceptors (Lipinski definition) is 3. The average Bonchev–Trinajstić information content (AvgIpc) is 1.86. The third-order valence-electron chi connectivity index (χ3n) is 0.606. The van der Waals surface area contributed by atoms with Gasteiger partial charge in [-0.1, -0.05) is 15.9 Å². The molecule has 5 heteroatoms. The Balaban J connectivity index is 4.23. The van der Waals surface area contributed by atoms with Crippen LogP contribution in [-0.2, 0) is 0 Å². The Kier molecular flexibility index (Phi) is 3.13. The van der Waals surface area contributed by atoms with E-state index in [0.717, 1.165) is 0 Å². The van der Waals surface area contributed by atoms with Crippen molar-refractivity contribution in [3.63, 3.8) is 0 Å². The van der Waals surface area contributed by atoms with Crippen LogP contribution in [0, 0.1) is 22.7 Å². The summed E-state index contributed by atoms with van der Waals surface area (Å²) in [5, 5.41) is 25.2. The minimum atomic E-state index is -1.78. The quantitative estimate of drug-likeness (QED) is 0.557. The van der Waals surface area contributed by atoms with Crippen molar-refractivity contribution in [2.24, 2.45) is 0 Å². The molecule has 2 atom stereocenters. The molecule has 0 aliphatic carbocycles. The van der Waals surface area contributed by atoms with E-state index in [4.69, 9.17) is 15.6 Å². The Morgan fingerprint density at radius 3 is 2.11 bits per heavy atom. The minimum Gasteiger partial charge on any atom is -0.365 e. The maximum absolute atomic E-state index is 8.88. The Morgan fingerprint density at radius 2 is 2.00 bits per heavy atom. The summed E-state index contributed by atoms with van der Waals surface area (Å²) >= 11 is 5.41. The zero-order chi connectivity index (χ0) is 7.49. The van der Waals surface area contributed by atoms with Gasteiger partial charge in [0.05, 0.1) is 6.07 Å². The lowest BCUT2D eigenvalue weighted by atomic mass is 10.3. The van der Waals surface area contributed by atoms with Crippen molar-refractivity contribution in [2.45, 2.75) is 9.34 Å². The van der Waals surface area contributed by atoms with Crippen LogP contribution in [0.4, 0.5) is 0 Å². The van der Waals surface area contributed by atoms with Crippen LogP contribution >= 0.6 is 31.9 Å². The number of halogens is 2. The molecule has 0 rings (SSSR count). The molecule has 0 aliphatic heterocycles. The van der Waals surface area contributed by atoms with Crippen molar-refractivity contribution < 1.29 is 5.11 Å². The molecular weight excluding hydrogens is 252 g/mol. The van der Waals surface area contributed by atoms with Gasteiger partial charge in [0.2, 0.25) is 4.51 Å². The predicted molar refractivity (Wildman–Crippen MR) is 37.8 cm³/mol. The van der Waals surface area contributed by atoms with E-state index in [1.54, 1.807) is 6.07 Å². The predicted octanol–water partition coefficient (Wildman–Crippen LogP) is 0.881. The molecule has 1 N–H and O–H groups in total. The van der Waals surface area contributed by atoms with E-state index in [-0.39, 0.29) is 0 Å². The molecule has 0 fully saturated rings. The van der Waals surface area contributed by atoms with E-state index < -0.39 is 9.34 Å². The van der Waals surface area contributed by atoms with Crippen molar-refractivity contribution in [1.29, 1.82) is 10.5 Å². The molecule has 3 nitrogen and oxygen atoms in total. The van der Waals surface area contributed by atoms with Crippen LogP contribution < -0.4 is 0 Å². The summed E-state index contributed by atoms with van der Waals surface area (Å²) in [4.78, 5) is -0.907. The van der Waals surface area contributed by atoms with Crippen LogP contribution in [0.2, 0.25) is 0 Å². The second-order valence-corrected chi connectivity index (χ2v) is 3.40. The maximum Gasteiger partial charge on any atom is 0.232 e. The lowest BCUT2D eigenvalue weighted by Crippen LogP contribution is -2.28. The van der Waals surface area contributed by atoms with E-state index in [9.17, 15) is 0 Å². The topological polar surface area (TPSA) is 67.8 Å². The molecule has 0 saturated heterocycles. The third-order valence-corrected chi connectivity index (χ3v) is 2.72. The number of aliphatic hydroxyl groups is 1. The average molecular weight is 254 g/mol. The molecule has 0 aromatic rings. The van der Waals surface area contributed by atoms with Crippen LogP contribution in [0.25, 0.3) is 0 Å². The fourth-order valence-electron chi connectivity index (χ4n) is 0.142. The number of nitrogens with zero attached hydrogens (tertiary/aromatic N) is 2. The molecule has 0 aliphatic rings. The van der Waals surface area contributed by atoms with Crippen molar-refractivity contribution in [1.82, 2.24) is 0 Å². The highest BCUT2D eigenvalue weighted by atomic mass is 79.9. The van der Waals surface area contributed by atoms with Gasteiger partial charge in [-0.2, -0.15) is 10.5 Å². The van der Waals surface area contributed by atoms with Gasteiger partial charge >= 0.3 is 0 Å². The first-order valence-electron chi connectivity index (χ1n) is 1.91. The van der Waals surface area contributed by atoms with Gasteiger partial charge in [-0.3, -0.25) is 0 Å². The summed E-state index contributed by atoms with van der Waals surface area (Å²) in [6, 6.07) is 3.15. The molecule has 0 radical (unpaired) electrons. The van der Waals surface area contributed by atoms with E-state index >= 15 is 0 Å². The Bertz CT molecular complexity index is 178. The number of hydrogen-bond donors (Lipinski definition) is 1. The molecule has 0 bridgehead atoms. The zero-order valence-electron chi connectivity index (χ0n) is 4.17. The molecule has 0 saturated carbocycles. The molecule has 48 valence electrons. The smallest absolute Gasteiger partial charge is 0.232 e. The van der Waals surface area contributed by atoms with E-state index in [0.29, 0.717) is 0 Å². The van der Waals surface area contributed by atoms with Gasteiger partial charge in [0, 0.05) is 0 Å². The van der Waals surface area contributed by atoms with Gasteiger partial charge in [0.15, 0.2) is 4.83 Å². The monoisotopic (exact) mass is 252 g/mol. The Labute approximate surface area is 69.1 Å². The van der Waals surface area contributed by atoms with Crippen LogP contribution in [0.1, 0.15) is 0 Å². The third kappa shape index (κ3) is 2.31. The molecule has 0 aromatic heterocycles. The molecule has 0 amide bonds. The van der Waals surface area contributed by atoms with Gasteiger partial charge in [-0.15, -0.1) is 0 Å². The largest absolute Gasteiger partial charge is 0.365 e. The van der Waals surface area contributed by atoms with Gasteiger partial charge in [-0.25, -0.2) is 0 Å². The highest BCUT2D eigenvalue weighted by Gasteiger charge is 2.31. The first kappa shape index (κ1) is 8.90. The van der Waals surface area contributed by atoms with E-state index in [1.165, 1.54) is 6.07 Å². The summed E-state index contributed by atoms with van der Waals surface area (Å²) < 4.78 is -1.78. The van der Waals surface area contributed by atoms with E-state index in [2.05, 4.69) is 31.9 Å². The lowest BCUT2D eigenvalue weighted by molar-refractivity contribution is 0.215. The Morgan fingerprint density at radius 1 is 1.56 bits per heavy atom. The summed E-state index contributed by atoms with van der Waals surface area (Å²) in [5.41, 5.74) is 0. The van der Waals surface area contributed by atoms with Gasteiger partial charge in [-0.05, 0) is 15.9 Å². The summed E-state index contributed by atoms with van der Waals surface area (Å²) in [7, 11) is 0. The molecule has 0 spiro atoms. The molecule has 9 heavy (non-hydrogen) atoms. The summed E-state index contributed by atoms with van der Waals surface area (Å²) in [6.45, 7) is 0. The Hall–Kier alpha value is -0.100. The lowest BCUT2D eigenvalue weighted by Gasteiger charge is -2.10. The summed E-state index contributed by atoms with van der Waals surface area (Å²) in [5.74, 6) is 0. The van der Waals surface area contributed by atoms with Crippen molar-refractivity contribution in [2.75, 3.05) is 0 Å². The standard InChI is InChI=1S/C4H2Br2N2O/c5-3(1-7)4(6,9)2-8/h3,9H. The SMILES string of the molecule is N#CC(Br)C(O)(Br)C#N. The first-order valence-corrected chi connectivity index (χ1v) is 3.61. The van der Waals surface area contributed by atoms with Crippen molar-refractivity contribution in [3.8, 4) is 12.1 Å². The molecule has 0 aromatic carbocycles. The fraction of sp³-hybridized carbons (Fsp3) is 0.500. The number of alkyl halides is 2. The van der Waals surface area contributed by atoms with Gasteiger partial charge in [0.25, 0.3) is 0 Å². The summed E-state index contributed by atoms with van der Waals surface area (Å²) in [6.07, 6.45) is 0. The second-order valence-electron chi connectivity index (χ2n) is 1.28. The van der Waals surface area contributed by atoms with Crippen LogP contribution in [-0.4, -0.2) is 14.4 Å². The fourth-order valence-corrected chi connectivity index (χ4v) is 0.347. The number of nitriles is 2. The van der Waals surface area contributed by atoms with Gasteiger partial charge in [0.1, 0.15) is 6.07 Å². The van der Waals surface area contributed by atoms with Crippen LogP contribution in [0.5, 0.6) is 0 Å². The zero-order valence-corrected chi connectivity index (χ0v) is 7.35. The highest BCUT2D eigenvalue weighted by molar-refractivity contribution is 9.12.